The molecule has 0 N–H and O–H groups in total. The Morgan fingerprint density at radius 1 is 1.37 bits per heavy atom. The van der Waals surface area contributed by atoms with E-state index < -0.39 is 34.7 Å². The molecule has 2 aliphatic heterocycles. The molecular formula is C14H22FNO3. The molecule has 0 radical (unpaired) electrons. The van der Waals surface area contributed by atoms with Gasteiger partial charge in [-0.2, -0.15) is 0 Å². The summed E-state index contributed by atoms with van der Waals surface area (Å²) in [6.07, 6.45) is -0.936. The normalized spacial score (nSPS) is 38.5. The molecule has 1 amide bonds. The molecule has 2 aliphatic rings. The standard InChI is InChI=1S/C14H22FNO3/c1-12(2,3)19-11(18)16-13(4)6-7-14(16,5)10(15)9(17)8-13/h10H,6-8H2,1-5H3. The maximum absolute atomic E-state index is 14.3. The van der Waals surface area contributed by atoms with Crippen molar-refractivity contribution < 1.29 is 18.7 Å². The van der Waals surface area contributed by atoms with Crippen LogP contribution in [0.2, 0.25) is 0 Å². The minimum Gasteiger partial charge on any atom is -0.444 e. The van der Waals surface area contributed by atoms with Gasteiger partial charge in [0.1, 0.15) is 5.60 Å². The van der Waals surface area contributed by atoms with Crippen molar-refractivity contribution in [2.75, 3.05) is 0 Å². The van der Waals surface area contributed by atoms with Crippen molar-refractivity contribution in [3.05, 3.63) is 0 Å². The average molecular weight is 271 g/mol. The van der Waals surface area contributed by atoms with Crippen molar-refractivity contribution in [1.29, 1.82) is 0 Å². The molecule has 3 unspecified atom stereocenters. The summed E-state index contributed by atoms with van der Waals surface area (Å²) in [5.74, 6) is -0.401. The number of hydrogen-bond donors (Lipinski definition) is 0. The predicted molar refractivity (Wildman–Crippen MR) is 68.6 cm³/mol. The van der Waals surface area contributed by atoms with Gasteiger partial charge in [0.25, 0.3) is 0 Å². The fourth-order valence-corrected chi connectivity index (χ4v) is 3.32. The van der Waals surface area contributed by atoms with E-state index in [4.69, 9.17) is 4.74 Å². The number of amides is 1. The Labute approximate surface area is 113 Å². The summed E-state index contributed by atoms with van der Waals surface area (Å²) < 4.78 is 19.6. The minimum absolute atomic E-state index is 0.0724. The van der Waals surface area contributed by atoms with E-state index in [9.17, 15) is 14.0 Å². The Morgan fingerprint density at radius 3 is 2.47 bits per heavy atom. The number of rotatable bonds is 0. The summed E-state index contributed by atoms with van der Waals surface area (Å²) in [6, 6.07) is 0. The topological polar surface area (TPSA) is 46.6 Å². The quantitative estimate of drug-likeness (QED) is 0.680. The molecule has 19 heavy (non-hydrogen) atoms. The summed E-state index contributed by atoms with van der Waals surface area (Å²) in [5, 5.41) is 0. The monoisotopic (exact) mass is 271 g/mol. The second-order valence-electron chi connectivity index (χ2n) is 7.18. The fraction of sp³-hybridized carbons (Fsp3) is 0.857. The van der Waals surface area contributed by atoms with Gasteiger partial charge in [0.2, 0.25) is 0 Å². The van der Waals surface area contributed by atoms with Crippen LogP contribution < -0.4 is 0 Å². The first kappa shape index (κ1) is 14.3. The highest BCUT2D eigenvalue weighted by Gasteiger charge is 2.63. The zero-order valence-electron chi connectivity index (χ0n) is 12.2. The first-order valence-corrected chi connectivity index (χ1v) is 6.70. The highest BCUT2D eigenvalue weighted by molar-refractivity contribution is 5.89. The molecule has 5 heteroatoms. The van der Waals surface area contributed by atoms with E-state index in [1.165, 1.54) is 4.90 Å². The number of Topliss-reactive ketones (excluding diaryl/α,β-unsaturated/α-hetero) is 1. The Bertz CT molecular complexity index is 431. The number of halogens is 1. The third-order valence-electron chi connectivity index (χ3n) is 4.18. The number of carbonyl (C=O) groups is 2. The Hall–Kier alpha value is -1.13. The van der Waals surface area contributed by atoms with Crippen molar-refractivity contribution in [3.63, 3.8) is 0 Å². The lowest BCUT2D eigenvalue weighted by Crippen LogP contribution is -2.65. The molecule has 3 atom stereocenters. The number of fused-ring (bicyclic) bond motifs is 2. The third-order valence-corrected chi connectivity index (χ3v) is 4.18. The van der Waals surface area contributed by atoms with Crippen molar-refractivity contribution in [2.45, 2.75) is 76.7 Å². The molecule has 0 aromatic rings. The number of hydrogen-bond acceptors (Lipinski definition) is 3. The van der Waals surface area contributed by atoms with Crippen LogP contribution in [0, 0.1) is 0 Å². The van der Waals surface area contributed by atoms with Crippen LogP contribution in [0.1, 0.15) is 53.9 Å². The lowest BCUT2D eigenvalue weighted by molar-refractivity contribution is -0.139. The van der Waals surface area contributed by atoms with Crippen LogP contribution in [-0.2, 0) is 9.53 Å². The molecule has 0 aromatic carbocycles. The van der Waals surface area contributed by atoms with E-state index in [0.717, 1.165) is 0 Å². The van der Waals surface area contributed by atoms with E-state index >= 15 is 0 Å². The number of ether oxygens (including phenoxy) is 1. The lowest BCUT2D eigenvalue weighted by atomic mass is 9.83. The summed E-state index contributed by atoms with van der Waals surface area (Å²) in [7, 11) is 0. The van der Waals surface area contributed by atoms with Crippen molar-refractivity contribution in [3.8, 4) is 0 Å². The van der Waals surface area contributed by atoms with E-state index in [1.54, 1.807) is 27.7 Å². The van der Waals surface area contributed by atoms with E-state index in [2.05, 4.69) is 0 Å². The number of alkyl halides is 1. The molecule has 0 aromatic heterocycles. The SMILES string of the molecule is CC(C)(C)OC(=O)N1C2(C)CCC1(C)C(F)C(=O)C2. The van der Waals surface area contributed by atoms with Crippen LogP contribution >= 0.6 is 0 Å². The molecule has 2 fully saturated rings. The zero-order valence-corrected chi connectivity index (χ0v) is 12.2. The maximum Gasteiger partial charge on any atom is 0.411 e. The number of carbonyl (C=O) groups excluding carboxylic acids is 2. The van der Waals surface area contributed by atoms with Crippen LogP contribution in [0.15, 0.2) is 0 Å². The molecule has 0 spiro atoms. The molecule has 2 saturated heterocycles. The zero-order chi connectivity index (χ0) is 14.6. The van der Waals surface area contributed by atoms with Gasteiger partial charge in [0.05, 0.1) is 11.1 Å². The maximum atomic E-state index is 14.3. The van der Waals surface area contributed by atoms with Gasteiger partial charge in [0.15, 0.2) is 12.0 Å². The van der Waals surface area contributed by atoms with Crippen LogP contribution in [0.5, 0.6) is 0 Å². The third kappa shape index (κ3) is 2.13. The first-order chi connectivity index (χ1) is 8.50. The van der Waals surface area contributed by atoms with Crippen LogP contribution in [0.3, 0.4) is 0 Å². The van der Waals surface area contributed by atoms with Crippen molar-refractivity contribution in [1.82, 2.24) is 4.90 Å². The lowest BCUT2D eigenvalue weighted by Gasteiger charge is -2.48. The van der Waals surface area contributed by atoms with Crippen molar-refractivity contribution >= 4 is 11.9 Å². The summed E-state index contributed by atoms with van der Waals surface area (Å²) >= 11 is 0. The average Bonchev–Trinajstić information content (AvgIpc) is 2.43. The second kappa shape index (κ2) is 3.93. The van der Waals surface area contributed by atoms with Gasteiger partial charge in [-0.1, -0.05) is 0 Å². The van der Waals surface area contributed by atoms with E-state index in [-0.39, 0.29) is 6.42 Å². The highest BCUT2D eigenvalue weighted by Crippen LogP contribution is 2.50. The Kier molecular flexibility index (Phi) is 2.96. The van der Waals surface area contributed by atoms with Crippen LogP contribution in [0.25, 0.3) is 0 Å². The summed E-state index contributed by atoms with van der Waals surface area (Å²) in [5.41, 5.74) is -2.31. The van der Waals surface area contributed by atoms with Gasteiger partial charge in [-0.25, -0.2) is 9.18 Å². The molecule has 4 nitrogen and oxygen atoms in total. The Balaban J connectivity index is 2.34. The first-order valence-electron chi connectivity index (χ1n) is 6.70. The molecule has 2 bridgehead atoms. The van der Waals surface area contributed by atoms with E-state index in [1.807, 2.05) is 6.92 Å². The summed E-state index contributed by atoms with van der Waals surface area (Å²) in [4.78, 5) is 25.6. The molecule has 2 heterocycles. The van der Waals surface area contributed by atoms with Crippen LogP contribution in [0.4, 0.5) is 9.18 Å². The van der Waals surface area contributed by atoms with E-state index in [0.29, 0.717) is 12.8 Å². The van der Waals surface area contributed by atoms with Gasteiger partial charge in [-0.3, -0.25) is 9.69 Å². The van der Waals surface area contributed by atoms with Crippen LogP contribution in [-0.4, -0.2) is 39.6 Å². The number of ketones is 1. The Morgan fingerprint density at radius 2 is 1.95 bits per heavy atom. The highest BCUT2D eigenvalue weighted by atomic mass is 19.1. The number of piperidine rings is 1. The fourth-order valence-electron chi connectivity index (χ4n) is 3.32. The van der Waals surface area contributed by atoms with Gasteiger partial charge >= 0.3 is 6.09 Å². The summed E-state index contributed by atoms with van der Waals surface area (Å²) in [6.45, 7) is 8.81. The van der Waals surface area contributed by atoms with Gasteiger partial charge in [-0.05, 0) is 47.5 Å². The second-order valence-corrected chi connectivity index (χ2v) is 7.18. The molecule has 0 aliphatic carbocycles. The minimum atomic E-state index is -1.62. The predicted octanol–water partition coefficient (Wildman–Crippen LogP) is 2.85. The van der Waals surface area contributed by atoms with Gasteiger partial charge in [0, 0.05) is 6.42 Å². The van der Waals surface area contributed by atoms with Gasteiger partial charge in [-0.15, -0.1) is 0 Å². The van der Waals surface area contributed by atoms with Crippen molar-refractivity contribution in [2.24, 2.45) is 0 Å². The largest absolute Gasteiger partial charge is 0.444 e. The van der Waals surface area contributed by atoms with Gasteiger partial charge < -0.3 is 4.74 Å². The smallest absolute Gasteiger partial charge is 0.411 e. The molecule has 108 valence electrons. The molecule has 2 rings (SSSR count). The molecular weight excluding hydrogens is 249 g/mol. The molecule has 0 saturated carbocycles. The number of nitrogens with zero attached hydrogens (tertiary/aromatic N) is 1.